The smallest absolute Gasteiger partial charge is 0.326 e. The van der Waals surface area contributed by atoms with Gasteiger partial charge in [-0.25, -0.2) is 4.79 Å². The average molecular weight is 556 g/mol. The number of hydrogen-bond acceptors (Lipinski definition) is 3. The zero-order chi connectivity index (χ0) is 27.3. The van der Waals surface area contributed by atoms with Crippen LogP contribution in [0.25, 0.3) is 11.1 Å². The van der Waals surface area contributed by atoms with E-state index in [-0.39, 0.29) is 13.8 Å². The van der Waals surface area contributed by atoms with Gasteiger partial charge in [-0.2, -0.15) is 11.8 Å². The van der Waals surface area contributed by atoms with E-state index in [0.717, 1.165) is 29.6 Å². The molecule has 0 bridgehead atoms. The van der Waals surface area contributed by atoms with Crippen molar-refractivity contribution in [1.29, 1.82) is 0 Å². The molecular formula is C32H46NO3PS. The van der Waals surface area contributed by atoms with Crippen LogP contribution in [-0.2, 0) is 17.4 Å². The second-order valence-corrected chi connectivity index (χ2v) is 14.1. The lowest BCUT2D eigenvalue weighted by Gasteiger charge is -2.27. The minimum Gasteiger partial charge on any atom is -0.480 e. The van der Waals surface area contributed by atoms with Gasteiger partial charge < -0.3 is 10.4 Å². The first-order chi connectivity index (χ1) is 18.5. The molecule has 1 saturated carbocycles. The summed E-state index contributed by atoms with van der Waals surface area (Å²) in [5, 5.41) is 12.5. The number of unbranched alkanes of at least 4 members (excludes halogenated alkanes) is 1. The average Bonchev–Trinajstić information content (AvgIpc) is 2.94. The van der Waals surface area contributed by atoms with Gasteiger partial charge >= 0.3 is 5.97 Å². The van der Waals surface area contributed by atoms with E-state index >= 15 is 0 Å². The first-order valence-electron chi connectivity index (χ1n) is 14.4. The van der Waals surface area contributed by atoms with Gasteiger partial charge in [0.15, 0.2) is 0 Å². The molecule has 1 fully saturated rings. The number of nitrogens with one attached hydrogen (secondary N) is 1. The van der Waals surface area contributed by atoms with Crippen molar-refractivity contribution in [3.05, 3.63) is 59.2 Å². The van der Waals surface area contributed by atoms with Crippen LogP contribution >= 0.6 is 19.7 Å². The number of benzene rings is 2. The quantitative estimate of drug-likeness (QED) is 0.217. The molecule has 2 aromatic rings. The standard InChI is InChI=1S/C32H46NO3PS/c1-4-6-19-37(22-24-12-8-7-9-13-24)23-25-16-17-28(31(34)33-30(32(35)36)18-20-38-3)29(21-25)27-15-11-10-14-26(27)5-2/h10-11,14-17,21,24,30H,4-9,12-13,18-20,22-23H2,1-3H3,(H,33,34)(H,35,36). The van der Waals surface area contributed by atoms with Gasteiger partial charge in [-0.1, -0.05) is 82.7 Å². The summed E-state index contributed by atoms with van der Waals surface area (Å²) in [6.07, 6.45) is 16.5. The molecule has 2 N–H and O–H groups in total. The van der Waals surface area contributed by atoms with E-state index in [1.54, 1.807) is 11.8 Å². The molecule has 0 spiro atoms. The minimum absolute atomic E-state index is 0.0933. The first kappa shape index (κ1) is 30.7. The molecule has 4 nitrogen and oxygen atoms in total. The van der Waals surface area contributed by atoms with Crippen LogP contribution in [0, 0.1) is 5.92 Å². The van der Waals surface area contributed by atoms with Crippen LogP contribution in [0.15, 0.2) is 42.5 Å². The van der Waals surface area contributed by atoms with Gasteiger partial charge in [0.2, 0.25) is 0 Å². The number of carboxylic acid groups (broad SMARTS) is 1. The third-order valence-electron chi connectivity index (χ3n) is 7.71. The molecule has 2 atom stereocenters. The molecule has 1 aliphatic rings. The van der Waals surface area contributed by atoms with Gasteiger partial charge in [0.1, 0.15) is 6.04 Å². The molecule has 0 aromatic heterocycles. The molecule has 0 heterocycles. The van der Waals surface area contributed by atoms with E-state index in [1.165, 1.54) is 68.4 Å². The maximum Gasteiger partial charge on any atom is 0.326 e. The molecule has 1 amide bonds. The Labute approximate surface area is 235 Å². The highest BCUT2D eigenvalue weighted by atomic mass is 32.2. The van der Waals surface area contributed by atoms with Crippen LogP contribution in [0.2, 0.25) is 0 Å². The maximum atomic E-state index is 13.5. The van der Waals surface area contributed by atoms with Crippen LogP contribution in [0.1, 0.15) is 86.7 Å². The maximum absolute atomic E-state index is 13.5. The van der Waals surface area contributed by atoms with Crippen molar-refractivity contribution in [2.24, 2.45) is 5.92 Å². The Morgan fingerprint density at radius 3 is 2.53 bits per heavy atom. The third-order valence-corrected chi connectivity index (χ3v) is 11.1. The summed E-state index contributed by atoms with van der Waals surface area (Å²) in [6.45, 7) is 4.42. The van der Waals surface area contributed by atoms with Gasteiger partial charge in [-0.05, 0) is 90.1 Å². The van der Waals surface area contributed by atoms with Crippen LogP contribution in [0.3, 0.4) is 0 Å². The molecule has 3 rings (SSSR count). The lowest BCUT2D eigenvalue weighted by molar-refractivity contribution is -0.139. The summed E-state index contributed by atoms with van der Waals surface area (Å²) in [5.41, 5.74) is 5.07. The number of amides is 1. The summed E-state index contributed by atoms with van der Waals surface area (Å²) in [6, 6.07) is 13.7. The summed E-state index contributed by atoms with van der Waals surface area (Å²) in [4.78, 5) is 25.3. The van der Waals surface area contributed by atoms with E-state index in [9.17, 15) is 14.7 Å². The molecule has 2 unspecified atom stereocenters. The number of aryl methyl sites for hydroxylation is 1. The molecule has 0 radical (unpaired) electrons. The molecule has 0 aliphatic heterocycles. The van der Waals surface area contributed by atoms with Crippen LogP contribution in [-0.4, -0.2) is 47.4 Å². The van der Waals surface area contributed by atoms with Gasteiger partial charge in [0.05, 0.1) is 0 Å². The number of carboxylic acids is 1. The van der Waals surface area contributed by atoms with Gasteiger partial charge in [0.25, 0.3) is 5.91 Å². The van der Waals surface area contributed by atoms with E-state index in [4.69, 9.17) is 0 Å². The Kier molecular flexibility index (Phi) is 13.2. The summed E-state index contributed by atoms with van der Waals surface area (Å²) < 4.78 is 0. The van der Waals surface area contributed by atoms with Crippen LogP contribution in [0.4, 0.5) is 0 Å². The van der Waals surface area contributed by atoms with E-state index < -0.39 is 12.0 Å². The SMILES string of the molecule is CCCCP(Cc1ccc(C(=O)NC(CCSC)C(=O)O)c(-c2ccccc2CC)c1)CC1CCCCC1. The van der Waals surface area contributed by atoms with Crippen molar-refractivity contribution >= 4 is 31.6 Å². The third kappa shape index (κ3) is 9.12. The number of rotatable bonds is 15. The van der Waals surface area contributed by atoms with Gasteiger partial charge in [0, 0.05) is 5.56 Å². The van der Waals surface area contributed by atoms with E-state index in [0.29, 0.717) is 17.7 Å². The number of hydrogen-bond donors (Lipinski definition) is 2. The Bertz CT molecular complexity index is 1040. The van der Waals surface area contributed by atoms with Crippen molar-refractivity contribution in [2.75, 3.05) is 24.3 Å². The fourth-order valence-corrected chi connectivity index (χ4v) is 9.05. The highest BCUT2D eigenvalue weighted by Gasteiger charge is 2.24. The Balaban J connectivity index is 1.92. The zero-order valence-corrected chi connectivity index (χ0v) is 25.2. The molecule has 6 heteroatoms. The largest absolute Gasteiger partial charge is 0.480 e. The van der Waals surface area contributed by atoms with Crippen molar-refractivity contribution in [3.8, 4) is 11.1 Å². The Hall–Kier alpha value is -1.84. The number of carbonyl (C=O) groups excluding carboxylic acids is 1. The summed E-state index contributed by atoms with van der Waals surface area (Å²) >= 11 is 1.59. The van der Waals surface area contributed by atoms with Crippen molar-refractivity contribution < 1.29 is 14.7 Å². The van der Waals surface area contributed by atoms with Gasteiger partial charge in [-0.3, -0.25) is 4.79 Å². The lowest BCUT2D eigenvalue weighted by Crippen LogP contribution is -2.41. The summed E-state index contributed by atoms with van der Waals surface area (Å²) in [7, 11) is -0.0933. The molecule has 38 heavy (non-hydrogen) atoms. The molecule has 2 aromatic carbocycles. The van der Waals surface area contributed by atoms with Crippen molar-refractivity contribution in [3.63, 3.8) is 0 Å². The number of aliphatic carboxylic acids is 1. The van der Waals surface area contributed by atoms with E-state index in [1.807, 2.05) is 24.5 Å². The second kappa shape index (κ2) is 16.3. The predicted octanol–water partition coefficient (Wildman–Crippen LogP) is 8.21. The predicted molar refractivity (Wildman–Crippen MR) is 165 cm³/mol. The second-order valence-electron chi connectivity index (χ2n) is 10.6. The van der Waals surface area contributed by atoms with Crippen molar-refractivity contribution in [2.45, 2.75) is 83.8 Å². The fourth-order valence-electron chi connectivity index (χ4n) is 5.54. The molecule has 0 saturated heterocycles. The number of thioether (sulfide) groups is 1. The van der Waals surface area contributed by atoms with Crippen LogP contribution in [0.5, 0.6) is 0 Å². The highest BCUT2D eigenvalue weighted by molar-refractivity contribution is 7.98. The first-order valence-corrected chi connectivity index (χ1v) is 17.7. The normalized spacial score (nSPS) is 15.7. The minimum atomic E-state index is -0.983. The number of carbonyl (C=O) groups is 2. The molecular weight excluding hydrogens is 509 g/mol. The van der Waals surface area contributed by atoms with Crippen LogP contribution < -0.4 is 5.32 Å². The molecule has 1 aliphatic carbocycles. The highest BCUT2D eigenvalue weighted by Crippen LogP contribution is 2.46. The fraction of sp³-hybridized carbons (Fsp3) is 0.562. The summed E-state index contributed by atoms with van der Waals surface area (Å²) in [5.74, 6) is 0.279. The van der Waals surface area contributed by atoms with Crippen molar-refractivity contribution in [1.82, 2.24) is 5.32 Å². The van der Waals surface area contributed by atoms with Gasteiger partial charge in [-0.15, -0.1) is 7.92 Å². The van der Waals surface area contributed by atoms with E-state index in [2.05, 4.69) is 43.4 Å². The Morgan fingerprint density at radius 2 is 1.84 bits per heavy atom. The Morgan fingerprint density at radius 1 is 1.08 bits per heavy atom. The zero-order valence-electron chi connectivity index (χ0n) is 23.5. The molecule has 208 valence electrons. The monoisotopic (exact) mass is 555 g/mol. The topological polar surface area (TPSA) is 66.4 Å². The lowest BCUT2D eigenvalue weighted by atomic mass is 9.91.